The first-order valence-electron chi connectivity index (χ1n) is 7.34. The zero-order chi connectivity index (χ0) is 17.3. The molecule has 0 radical (unpaired) electrons. The molecule has 1 heterocycles. The van der Waals surface area contributed by atoms with Gasteiger partial charge in [0, 0.05) is 22.0 Å². The molecule has 0 unspecified atom stereocenters. The molecule has 6 heteroatoms. The van der Waals surface area contributed by atoms with Gasteiger partial charge in [-0.05, 0) is 42.8 Å². The standard InChI is InChI=1S/C18H17ClN2O3/c1-10-13-6-5-12(23-2)9-14(13)20-17(10)18(22)21-15-8-11(19)4-7-16(15)24-3/h4-9,20H,1-3H3,(H,21,22). The van der Waals surface area contributed by atoms with Crippen molar-refractivity contribution in [2.75, 3.05) is 19.5 Å². The monoisotopic (exact) mass is 344 g/mol. The number of carbonyl (C=O) groups excluding carboxylic acids is 1. The van der Waals surface area contributed by atoms with Crippen LogP contribution in [0.5, 0.6) is 11.5 Å². The summed E-state index contributed by atoms with van der Waals surface area (Å²) in [6, 6.07) is 10.7. The number of aromatic amines is 1. The number of aromatic nitrogens is 1. The molecule has 24 heavy (non-hydrogen) atoms. The molecule has 0 bridgehead atoms. The molecule has 0 saturated heterocycles. The number of hydrogen-bond acceptors (Lipinski definition) is 3. The fourth-order valence-electron chi connectivity index (χ4n) is 2.63. The molecule has 0 atom stereocenters. The number of fused-ring (bicyclic) bond motifs is 1. The lowest BCUT2D eigenvalue weighted by molar-refractivity contribution is 0.102. The number of benzene rings is 2. The Kier molecular flexibility index (Phi) is 4.36. The molecule has 2 aromatic carbocycles. The molecule has 0 aliphatic rings. The zero-order valence-electron chi connectivity index (χ0n) is 13.6. The van der Waals surface area contributed by atoms with Gasteiger partial charge in [-0.3, -0.25) is 4.79 Å². The van der Waals surface area contributed by atoms with Gasteiger partial charge in [0.25, 0.3) is 5.91 Å². The normalized spacial score (nSPS) is 10.7. The minimum atomic E-state index is -0.261. The third-order valence-corrected chi connectivity index (χ3v) is 4.14. The second-order valence-electron chi connectivity index (χ2n) is 5.34. The Labute approximate surface area is 144 Å². The number of aryl methyl sites for hydroxylation is 1. The molecule has 0 saturated carbocycles. The molecule has 1 amide bonds. The van der Waals surface area contributed by atoms with Crippen molar-refractivity contribution in [3.8, 4) is 11.5 Å². The molecule has 3 aromatic rings. The highest BCUT2D eigenvalue weighted by Gasteiger charge is 2.17. The number of carbonyl (C=O) groups is 1. The number of rotatable bonds is 4. The van der Waals surface area contributed by atoms with Crippen LogP contribution in [-0.4, -0.2) is 25.1 Å². The van der Waals surface area contributed by atoms with Crippen LogP contribution in [0.25, 0.3) is 10.9 Å². The summed E-state index contributed by atoms with van der Waals surface area (Å²) in [4.78, 5) is 15.8. The van der Waals surface area contributed by atoms with Crippen LogP contribution in [0, 0.1) is 6.92 Å². The molecule has 0 aliphatic heterocycles. The van der Waals surface area contributed by atoms with E-state index >= 15 is 0 Å². The van der Waals surface area contributed by atoms with Crippen LogP contribution < -0.4 is 14.8 Å². The maximum atomic E-state index is 12.7. The molecule has 3 rings (SSSR count). The number of H-pyrrole nitrogens is 1. The van der Waals surface area contributed by atoms with Crippen LogP contribution in [0.1, 0.15) is 16.1 Å². The van der Waals surface area contributed by atoms with E-state index in [1.54, 1.807) is 32.4 Å². The Morgan fingerprint density at radius 3 is 2.62 bits per heavy atom. The zero-order valence-corrected chi connectivity index (χ0v) is 14.3. The lowest BCUT2D eigenvalue weighted by Crippen LogP contribution is -2.14. The van der Waals surface area contributed by atoms with Gasteiger partial charge in [-0.1, -0.05) is 11.6 Å². The van der Waals surface area contributed by atoms with E-state index in [0.717, 1.165) is 22.2 Å². The highest BCUT2D eigenvalue weighted by Crippen LogP contribution is 2.30. The molecule has 124 valence electrons. The Balaban J connectivity index is 1.97. The van der Waals surface area contributed by atoms with Gasteiger partial charge in [-0.2, -0.15) is 0 Å². The largest absolute Gasteiger partial charge is 0.497 e. The van der Waals surface area contributed by atoms with E-state index in [4.69, 9.17) is 21.1 Å². The number of amides is 1. The number of anilines is 1. The summed E-state index contributed by atoms with van der Waals surface area (Å²) in [5.74, 6) is 1.01. The van der Waals surface area contributed by atoms with Crippen molar-refractivity contribution in [2.45, 2.75) is 6.92 Å². The van der Waals surface area contributed by atoms with Crippen molar-refractivity contribution < 1.29 is 14.3 Å². The summed E-state index contributed by atoms with van der Waals surface area (Å²) in [5.41, 5.74) is 2.71. The number of hydrogen-bond donors (Lipinski definition) is 2. The summed E-state index contributed by atoms with van der Waals surface area (Å²) in [5, 5.41) is 4.33. The van der Waals surface area contributed by atoms with Crippen LogP contribution in [0.4, 0.5) is 5.69 Å². The van der Waals surface area contributed by atoms with Crippen LogP contribution in [0.2, 0.25) is 5.02 Å². The van der Waals surface area contributed by atoms with E-state index in [0.29, 0.717) is 22.2 Å². The summed E-state index contributed by atoms with van der Waals surface area (Å²) in [6.45, 7) is 1.90. The molecule has 0 spiro atoms. The molecule has 0 aliphatic carbocycles. The number of ether oxygens (including phenoxy) is 2. The minimum absolute atomic E-state index is 0.261. The van der Waals surface area contributed by atoms with Gasteiger partial charge in [0.05, 0.1) is 19.9 Å². The summed E-state index contributed by atoms with van der Waals surface area (Å²) in [6.07, 6.45) is 0. The van der Waals surface area contributed by atoms with E-state index in [-0.39, 0.29) is 5.91 Å². The van der Waals surface area contributed by atoms with Gasteiger partial charge >= 0.3 is 0 Å². The highest BCUT2D eigenvalue weighted by molar-refractivity contribution is 6.31. The third kappa shape index (κ3) is 2.90. The predicted molar refractivity (Wildman–Crippen MR) is 95.5 cm³/mol. The van der Waals surface area contributed by atoms with E-state index in [9.17, 15) is 4.79 Å². The topological polar surface area (TPSA) is 63.4 Å². The maximum Gasteiger partial charge on any atom is 0.272 e. The number of nitrogens with one attached hydrogen (secondary N) is 2. The molecular weight excluding hydrogens is 328 g/mol. The summed E-state index contributed by atoms with van der Waals surface area (Å²) < 4.78 is 10.5. The summed E-state index contributed by atoms with van der Waals surface area (Å²) in [7, 11) is 3.15. The SMILES string of the molecule is COc1ccc2c(C)c(C(=O)Nc3cc(Cl)ccc3OC)[nH]c2c1. The Hall–Kier alpha value is -2.66. The number of halogens is 1. The van der Waals surface area contributed by atoms with E-state index in [1.165, 1.54) is 0 Å². The van der Waals surface area contributed by atoms with E-state index < -0.39 is 0 Å². The fourth-order valence-corrected chi connectivity index (χ4v) is 2.81. The maximum absolute atomic E-state index is 12.7. The van der Waals surface area contributed by atoms with Gasteiger partial charge in [0.15, 0.2) is 0 Å². The Bertz CT molecular complexity index is 918. The molecule has 2 N–H and O–H groups in total. The molecular formula is C18H17ClN2O3. The van der Waals surface area contributed by atoms with Crippen LogP contribution in [0.3, 0.4) is 0 Å². The van der Waals surface area contributed by atoms with Crippen molar-refractivity contribution in [1.82, 2.24) is 4.98 Å². The van der Waals surface area contributed by atoms with E-state index in [1.807, 2.05) is 25.1 Å². The molecule has 5 nitrogen and oxygen atoms in total. The number of methoxy groups -OCH3 is 2. The van der Waals surface area contributed by atoms with Crippen molar-refractivity contribution in [3.63, 3.8) is 0 Å². The van der Waals surface area contributed by atoms with Crippen LogP contribution in [0.15, 0.2) is 36.4 Å². The quantitative estimate of drug-likeness (QED) is 0.737. The minimum Gasteiger partial charge on any atom is -0.497 e. The van der Waals surface area contributed by atoms with Crippen molar-refractivity contribution in [1.29, 1.82) is 0 Å². The Morgan fingerprint density at radius 2 is 1.92 bits per heavy atom. The fraction of sp³-hybridized carbons (Fsp3) is 0.167. The average Bonchev–Trinajstić information content (AvgIpc) is 2.91. The smallest absolute Gasteiger partial charge is 0.272 e. The van der Waals surface area contributed by atoms with Crippen molar-refractivity contribution >= 4 is 34.1 Å². The van der Waals surface area contributed by atoms with Crippen LogP contribution in [-0.2, 0) is 0 Å². The van der Waals surface area contributed by atoms with Crippen molar-refractivity contribution in [2.24, 2.45) is 0 Å². The second-order valence-corrected chi connectivity index (χ2v) is 5.77. The van der Waals surface area contributed by atoms with Gasteiger partial charge in [0.2, 0.25) is 0 Å². The van der Waals surface area contributed by atoms with Gasteiger partial charge < -0.3 is 19.8 Å². The Morgan fingerprint density at radius 1 is 1.12 bits per heavy atom. The summed E-state index contributed by atoms with van der Waals surface area (Å²) >= 11 is 6.00. The highest BCUT2D eigenvalue weighted by atomic mass is 35.5. The first-order valence-corrected chi connectivity index (χ1v) is 7.72. The van der Waals surface area contributed by atoms with Crippen molar-refractivity contribution in [3.05, 3.63) is 52.7 Å². The van der Waals surface area contributed by atoms with Crippen LogP contribution >= 0.6 is 11.6 Å². The first-order chi connectivity index (χ1) is 11.5. The lowest BCUT2D eigenvalue weighted by Gasteiger charge is -2.10. The lowest BCUT2D eigenvalue weighted by atomic mass is 10.1. The predicted octanol–water partition coefficient (Wildman–Crippen LogP) is 4.40. The van der Waals surface area contributed by atoms with Gasteiger partial charge in [0.1, 0.15) is 17.2 Å². The van der Waals surface area contributed by atoms with Gasteiger partial charge in [-0.25, -0.2) is 0 Å². The molecule has 0 fully saturated rings. The first kappa shape index (κ1) is 16.2. The molecule has 1 aromatic heterocycles. The van der Waals surface area contributed by atoms with Gasteiger partial charge in [-0.15, -0.1) is 0 Å². The average molecular weight is 345 g/mol. The third-order valence-electron chi connectivity index (χ3n) is 3.90. The second kappa shape index (κ2) is 6.45. The van der Waals surface area contributed by atoms with E-state index in [2.05, 4.69) is 10.3 Å².